The molecule has 0 saturated carbocycles. The number of rotatable bonds is 5. The van der Waals surface area contributed by atoms with Gasteiger partial charge < -0.3 is 9.64 Å². The minimum Gasteiger partial charge on any atom is -0.490 e. The molecule has 1 aromatic carbocycles. The Hall–Kier alpha value is -1.95. The summed E-state index contributed by atoms with van der Waals surface area (Å²) in [5.41, 5.74) is 1.72. The number of aromatic nitrogens is 2. The van der Waals surface area contributed by atoms with E-state index in [2.05, 4.69) is 34.8 Å². The van der Waals surface area contributed by atoms with E-state index in [9.17, 15) is 4.79 Å². The van der Waals surface area contributed by atoms with Crippen LogP contribution in [0.2, 0.25) is 0 Å². The maximum absolute atomic E-state index is 13.1. The fourth-order valence-corrected chi connectivity index (χ4v) is 3.81. The second-order valence-electron chi connectivity index (χ2n) is 7.87. The van der Waals surface area contributed by atoms with Crippen LogP contribution in [-0.4, -0.2) is 40.0 Å². The molecular weight excluding hydrogens is 418 g/mol. The predicted molar refractivity (Wildman–Crippen MR) is 114 cm³/mol. The Labute approximate surface area is 175 Å². The largest absolute Gasteiger partial charge is 0.490 e. The lowest BCUT2D eigenvalue weighted by molar-refractivity contribution is 0.0706. The van der Waals surface area contributed by atoms with E-state index in [1.54, 1.807) is 0 Å². The van der Waals surface area contributed by atoms with Gasteiger partial charge in [-0.15, -0.1) is 0 Å². The van der Waals surface area contributed by atoms with Crippen LogP contribution in [0.3, 0.4) is 0 Å². The van der Waals surface area contributed by atoms with E-state index >= 15 is 0 Å². The lowest BCUT2D eigenvalue weighted by atomic mass is 9.92. The van der Waals surface area contributed by atoms with E-state index in [-0.39, 0.29) is 12.0 Å². The van der Waals surface area contributed by atoms with Gasteiger partial charge in [0.2, 0.25) is 0 Å². The summed E-state index contributed by atoms with van der Waals surface area (Å²) in [4.78, 5) is 24.1. The zero-order valence-electron chi connectivity index (χ0n) is 17.0. The molecule has 0 unspecified atom stereocenters. The summed E-state index contributed by atoms with van der Waals surface area (Å²) in [7, 11) is 0. The Morgan fingerprint density at radius 1 is 1.18 bits per heavy atom. The summed E-state index contributed by atoms with van der Waals surface area (Å²) < 4.78 is 6.78. The number of piperidine rings is 1. The molecular formula is C22H28BrN3O2. The molecule has 1 aromatic heterocycles. The highest BCUT2D eigenvalue weighted by atomic mass is 79.9. The number of ether oxygens (including phenoxy) is 1. The van der Waals surface area contributed by atoms with Crippen LogP contribution in [0.25, 0.3) is 0 Å². The topological polar surface area (TPSA) is 55.3 Å². The SMILES string of the molecule is CC(C)Oc1cc(Br)ccc1C(=O)N1CCC(c2ccnc(C(C)C)n2)CC1. The third-order valence-electron chi connectivity index (χ3n) is 4.95. The molecule has 2 heterocycles. The smallest absolute Gasteiger partial charge is 0.257 e. The first-order valence-electron chi connectivity index (χ1n) is 9.93. The van der Waals surface area contributed by atoms with Crippen molar-refractivity contribution in [2.45, 2.75) is 58.5 Å². The molecule has 0 atom stereocenters. The Balaban J connectivity index is 1.70. The molecule has 0 N–H and O–H groups in total. The normalized spacial score (nSPS) is 15.3. The van der Waals surface area contributed by atoms with Crippen LogP contribution in [0.1, 0.15) is 74.2 Å². The maximum Gasteiger partial charge on any atom is 0.257 e. The quantitative estimate of drug-likeness (QED) is 0.636. The highest BCUT2D eigenvalue weighted by Crippen LogP contribution is 2.30. The van der Waals surface area contributed by atoms with Gasteiger partial charge in [0.1, 0.15) is 11.6 Å². The van der Waals surface area contributed by atoms with Crippen molar-refractivity contribution in [2.75, 3.05) is 13.1 Å². The van der Waals surface area contributed by atoms with E-state index in [0.29, 0.717) is 23.1 Å². The lowest BCUT2D eigenvalue weighted by Gasteiger charge is -2.32. The molecule has 28 heavy (non-hydrogen) atoms. The van der Waals surface area contributed by atoms with E-state index in [4.69, 9.17) is 9.72 Å². The Morgan fingerprint density at radius 2 is 1.89 bits per heavy atom. The molecule has 6 heteroatoms. The fourth-order valence-electron chi connectivity index (χ4n) is 3.47. The molecule has 1 fully saturated rings. The molecule has 3 rings (SSSR count). The van der Waals surface area contributed by atoms with Crippen LogP contribution >= 0.6 is 15.9 Å². The van der Waals surface area contributed by atoms with Crippen LogP contribution in [0.4, 0.5) is 0 Å². The molecule has 0 aliphatic carbocycles. The Kier molecular flexibility index (Phi) is 6.70. The van der Waals surface area contributed by atoms with Crippen LogP contribution < -0.4 is 4.74 Å². The van der Waals surface area contributed by atoms with Crippen molar-refractivity contribution >= 4 is 21.8 Å². The Morgan fingerprint density at radius 3 is 2.54 bits per heavy atom. The minimum absolute atomic E-state index is 0.0134. The lowest BCUT2D eigenvalue weighted by Crippen LogP contribution is -2.38. The second kappa shape index (κ2) is 9.03. The number of hydrogen-bond donors (Lipinski definition) is 0. The van der Waals surface area contributed by atoms with Crippen molar-refractivity contribution in [3.8, 4) is 5.75 Å². The maximum atomic E-state index is 13.1. The van der Waals surface area contributed by atoms with Gasteiger partial charge in [-0.2, -0.15) is 0 Å². The molecule has 1 saturated heterocycles. The number of amides is 1. The van der Waals surface area contributed by atoms with Gasteiger partial charge in [-0.25, -0.2) is 9.97 Å². The summed E-state index contributed by atoms with van der Waals surface area (Å²) in [6.45, 7) is 9.59. The third kappa shape index (κ3) is 4.90. The molecule has 5 nitrogen and oxygen atoms in total. The van der Waals surface area contributed by atoms with Crippen molar-refractivity contribution in [1.29, 1.82) is 0 Å². The van der Waals surface area contributed by atoms with Gasteiger partial charge in [0, 0.05) is 41.3 Å². The first-order chi connectivity index (χ1) is 13.3. The van der Waals surface area contributed by atoms with Gasteiger partial charge in [0.15, 0.2) is 0 Å². The van der Waals surface area contributed by atoms with E-state index < -0.39 is 0 Å². The van der Waals surface area contributed by atoms with Crippen LogP contribution in [-0.2, 0) is 0 Å². The number of halogens is 1. The summed E-state index contributed by atoms with van der Waals surface area (Å²) in [6.07, 6.45) is 3.69. The predicted octanol–water partition coefficient (Wildman–Crippen LogP) is 5.17. The van der Waals surface area contributed by atoms with Crippen molar-refractivity contribution in [2.24, 2.45) is 0 Å². The Bertz CT molecular complexity index is 830. The molecule has 1 amide bonds. The monoisotopic (exact) mass is 445 g/mol. The molecule has 0 spiro atoms. The molecule has 1 aliphatic heterocycles. The van der Waals surface area contributed by atoms with Crippen LogP contribution in [0.5, 0.6) is 5.75 Å². The van der Waals surface area contributed by atoms with Crippen molar-refractivity contribution in [3.05, 3.63) is 52.0 Å². The number of carbonyl (C=O) groups excluding carboxylic acids is 1. The highest BCUT2D eigenvalue weighted by molar-refractivity contribution is 9.10. The van der Waals surface area contributed by atoms with Crippen molar-refractivity contribution in [1.82, 2.24) is 14.9 Å². The van der Waals surface area contributed by atoms with Gasteiger partial charge >= 0.3 is 0 Å². The third-order valence-corrected chi connectivity index (χ3v) is 5.44. The molecule has 0 radical (unpaired) electrons. The van der Waals surface area contributed by atoms with Crippen LogP contribution in [0, 0.1) is 0 Å². The molecule has 0 bridgehead atoms. The number of hydrogen-bond acceptors (Lipinski definition) is 4. The molecule has 150 valence electrons. The average molecular weight is 446 g/mol. The van der Waals surface area contributed by atoms with Gasteiger partial charge in [-0.1, -0.05) is 29.8 Å². The number of nitrogens with zero attached hydrogens (tertiary/aromatic N) is 3. The standard InChI is InChI=1S/C22H28BrN3O2/c1-14(2)21-24-10-7-19(25-21)16-8-11-26(12-9-16)22(27)18-6-5-17(23)13-20(18)28-15(3)4/h5-7,10,13-16H,8-9,11-12H2,1-4H3. The van der Waals surface area contributed by atoms with Gasteiger partial charge in [0.25, 0.3) is 5.91 Å². The van der Waals surface area contributed by atoms with E-state index in [0.717, 1.165) is 41.9 Å². The number of likely N-dealkylation sites (tertiary alicyclic amines) is 1. The van der Waals surface area contributed by atoms with Gasteiger partial charge in [-0.3, -0.25) is 4.79 Å². The summed E-state index contributed by atoms with van der Waals surface area (Å²) in [5.74, 6) is 2.25. The number of carbonyl (C=O) groups is 1. The molecule has 2 aromatic rings. The highest BCUT2D eigenvalue weighted by Gasteiger charge is 2.27. The average Bonchev–Trinajstić information content (AvgIpc) is 2.67. The summed E-state index contributed by atoms with van der Waals surface area (Å²) in [5, 5.41) is 0. The van der Waals surface area contributed by atoms with E-state index in [1.165, 1.54) is 0 Å². The van der Waals surface area contributed by atoms with Crippen molar-refractivity contribution in [3.63, 3.8) is 0 Å². The zero-order chi connectivity index (χ0) is 20.3. The zero-order valence-corrected chi connectivity index (χ0v) is 18.6. The second-order valence-corrected chi connectivity index (χ2v) is 8.78. The first kappa shape index (κ1) is 20.8. The van der Waals surface area contributed by atoms with Gasteiger partial charge in [-0.05, 0) is 51.0 Å². The van der Waals surface area contributed by atoms with Crippen LogP contribution in [0.15, 0.2) is 34.9 Å². The summed E-state index contributed by atoms with van der Waals surface area (Å²) >= 11 is 3.46. The van der Waals surface area contributed by atoms with Gasteiger partial charge in [0.05, 0.1) is 11.7 Å². The number of benzene rings is 1. The fraction of sp³-hybridized carbons (Fsp3) is 0.500. The minimum atomic E-state index is 0.0134. The molecule has 1 aliphatic rings. The summed E-state index contributed by atoms with van der Waals surface area (Å²) in [6, 6.07) is 7.61. The first-order valence-corrected chi connectivity index (χ1v) is 10.7. The van der Waals surface area contributed by atoms with Crippen molar-refractivity contribution < 1.29 is 9.53 Å². The van der Waals surface area contributed by atoms with E-state index in [1.807, 2.05) is 49.2 Å².